The van der Waals surface area contributed by atoms with Crippen LogP contribution in [-0.2, 0) is 0 Å². The van der Waals surface area contributed by atoms with Crippen LogP contribution in [0.2, 0.25) is 0 Å². The summed E-state index contributed by atoms with van der Waals surface area (Å²) in [5, 5.41) is 3.70. The fourth-order valence-electron chi connectivity index (χ4n) is 3.70. The molecule has 3 fully saturated rings. The highest BCUT2D eigenvalue weighted by atomic mass is 14.9. The van der Waals surface area contributed by atoms with Gasteiger partial charge in [0.1, 0.15) is 0 Å². The van der Waals surface area contributed by atoms with Gasteiger partial charge in [-0.25, -0.2) is 0 Å². The summed E-state index contributed by atoms with van der Waals surface area (Å²) < 4.78 is 0. The molecule has 17 heavy (non-hydrogen) atoms. The van der Waals surface area contributed by atoms with E-state index in [1.54, 1.807) is 0 Å². The zero-order valence-corrected chi connectivity index (χ0v) is 11.1. The predicted octanol–water partition coefficient (Wildman–Crippen LogP) is 2.67. The third kappa shape index (κ3) is 3.23. The zero-order chi connectivity index (χ0) is 11.7. The highest BCUT2D eigenvalue weighted by molar-refractivity contribution is 4.93. The molecule has 3 N–H and O–H groups in total. The monoisotopic (exact) mass is 236 g/mol. The summed E-state index contributed by atoms with van der Waals surface area (Å²) in [6.45, 7) is 2.41. The maximum Gasteiger partial charge on any atom is 0.0166 e. The first-order valence-electron chi connectivity index (χ1n) is 7.76. The third-order valence-electron chi connectivity index (χ3n) is 5.23. The second-order valence-electron chi connectivity index (χ2n) is 6.86. The van der Waals surface area contributed by atoms with Gasteiger partial charge in [0.15, 0.2) is 0 Å². The lowest BCUT2D eigenvalue weighted by Gasteiger charge is -2.24. The quantitative estimate of drug-likeness (QED) is 0.667. The van der Waals surface area contributed by atoms with Crippen LogP contribution in [-0.4, -0.2) is 18.6 Å². The summed E-state index contributed by atoms with van der Waals surface area (Å²) >= 11 is 0. The molecule has 0 aromatic carbocycles. The fraction of sp³-hybridized carbons (Fsp3) is 1.00. The van der Waals surface area contributed by atoms with E-state index < -0.39 is 0 Å². The van der Waals surface area contributed by atoms with Gasteiger partial charge in [-0.3, -0.25) is 0 Å². The van der Waals surface area contributed by atoms with Crippen LogP contribution in [0.1, 0.15) is 57.8 Å². The van der Waals surface area contributed by atoms with Crippen molar-refractivity contribution >= 4 is 0 Å². The topological polar surface area (TPSA) is 38.0 Å². The second-order valence-corrected chi connectivity index (χ2v) is 6.86. The summed E-state index contributed by atoms with van der Waals surface area (Å²) in [5.74, 6) is 3.16. The van der Waals surface area contributed by atoms with Gasteiger partial charge in [0.2, 0.25) is 0 Å². The molecule has 0 aliphatic heterocycles. The van der Waals surface area contributed by atoms with Crippen molar-refractivity contribution in [2.45, 2.75) is 63.3 Å². The van der Waals surface area contributed by atoms with Crippen LogP contribution in [0.25, 0.3) is 0 Å². The SMILES string of the molecule is NC1(CCNCC(C2CC2)C2CC2)CCCC1. The molecule has 2 nitrogen and oxygen atoms in total. The smallest absolute Gasteiger partial charge is 0.0166 e. The zero-order valence-electron chi connectivity index (χ0n) is 11.1. The summed E-state index contributed by atoms with van der Waals surface area (Å²) in [6, 6.07) is 0. The molecule has 0 bridgehead atoms. The van der Waals surface area contributed by atoms with Crippen molar-refractivity contribution in [3.8, 4) is 0 Å². The lowest BCUT2D eigenvalue weighted by atomic mass is 9.94. The van der Waals surface area contributed by atoms with Crippen molar-refractivity contribution in [2.24, 2.45) is 23.5 Å². The molecule has 3 aliphatic rings. The van der Waals surface area contributed by atoms with E-state index in [0.29, 0.717) is 0 Å². The Morgan fingerprint density at radius 3 is 2.18 bits per heavy atom. The Balaban J connectivity index is 1.33. The van der Waals surface area contributed by atoms with E-state index in [4.69, 9.17) is 5.73 Å². The van der Waals surface area contributed by atoms with Gasteiger partial charge in [-0.1, -0.05) is 12.8 Å². The fourth-order valence-corrected chi connectivity index (χ4v) is 3.70. The maximum absolute atomic E-state index is 6.38. The van der Waals surface area contributed by atoms with E-state index in [1.807, 2.05) is 0 Å². The first-order valence-corrected chi connectivity index (χ1v) is 7.76. The van der Waals surface area contributed by atoms with Gasteiger partial charge in [-0.05, 0) is 75.8 Å². The summed E-state index contributed by atoms with van der Waals surface area (Å²) in [6.07, 6.45) is 12.4. The standard InChI is InChI=1S/C15H28N2/c16-15(7-1-2-8-15)9-10-17-11-14(12-3-4-12)13-5-6-13/h12-14,17H,1-11,16H2. The number of nitrogens with one attached hydrogen (secondary N) is 1. The van der Waals surface area contributed by atoms with Crippen LogP contribution in [0.15, 0.2) is 0 Å². The normalized spacial score (nSPS) is 27.9. The van der Waals surface area contributed by atoms with E-state index in [2.05, 4.69) is 5.32 Å². The molecule has 98 valence electrons. The van der Waals surface area contributed by atoms with Gasteiger partial charge in [0.05, 0.1) is 0 Å². The van der Waals surface area contributed by atoms with Crippen molar-refractivity contribution in [3.63, 3.8) is 0 Å². The second kappa shape index (κ2) is 4.89. The van der Waals surface area contributed by atoms with Crippen LogP contribution in [0.5, 0.6) is 0 Å². The number of nitrogens with two attached hydrogens (primary N) is 1. The van der Waals surface area contributed by atoms with Crippen LogP contribution < -0.4 is 11.1 Å². The van der Waals surface area contributed by atoms with Gasteiger partial charge in [0.25, 0.3) is 0 Å². The molecule has 2 heteroatoms. The average Bonchev–Trinajstić information content (AvgIpc) is 3.20. The Morgan fingerprint density at radius 2 is 1.65 bits per heavy atom. The lowest BCUT2D eigenvalue weighted by molar-refractivity contribution is 0.350. The Bertz CT molecular complexity index is 238. The molecule has 0 heterocycles. The Labute approximate surface area is 106 Å². The van der Waals surface area contributed by atoms with Crippen LogP contribution >= 0.6 is 0 Å². The minimum Gasteiger partial charge on any atom is -0.325 e. The minimum atomic E-state index is 0.182. The van der Waals surface area contributed by atoms with Crippen molar-refractivity contribution in [2.75, 3.05) is 13.1 Å². The van der Waals surface area contributed by atoms with E-state index in [1.165, 1.54) is 64.3 Å². The van der Waals surface area contributed by atoms with Gasteiger partial charge < -0.3 is 11.1 Å². The highest BCUT2D eigenvalue weighted by Gasteiger charge is 2.40. The van der Waals surface area contributed by atoms with Crippen molar-refractivity contribution in [3.05, 3.63) is 0 Å². The molecule has 0 aromatic rings. The summed E-state index contributed by atoms with van der Waals surface area (Å²) in [4.78, 5) is 0. The number of rotatable bonds is 7. The Morgan fingerprint density at radius 1 is 1.06 bits per heavy atom. The van der Waals surface area contributed by atoms with E-state index in [0.717, 1.165) is 24.3 Å². The number of hydrogen-bond acceptors (Lipinski definition) is 2. The van der Waals surface area contributed by atoms with E-state index >= 15 is 0 Å². The van der Waals surface area contributed by atoms with Gasteiger partial charge in [0, 0.05) is 5.54 Å². The molecule has 0 radical (unpaired) electrons. The Kier molecular flexibility index (Phi) is 3.45. The molecule has 3 rings (SSSR count). The van der Waals surface area contributed by atoms with Gasteiger partial charge in [-0.15, -0.1) is 0 Å². The molecule has 0 atom stereocenters. The summed E-state index contributed by atoms with van der Waals surface area (Å²) in [7, 11) is 0. The molecule has 3 saturated carbocycles. The van der Waals surface area contributed by atoms with Gasteiger partial charge in [-0.2, -0.15) is 0 Å². The molecule has 0 unspecified atom stereocenters. The van der Waals surface area contributed by atoms with Crippen molar-refractivity contribution in [1.29, 1.82) is 0 Å². The molecule has 0 spiro atoms. The van der Waals surface area contributed by atoms with Crippen molar-refractivity contribution in [1.82, 2.24) is 5.32 Å². The first-order chi connectivity index (χ1) is 8.27. The molecule has 3 aliphatic carbocycles. The molecule has 0 amide bonds. The Hall–Kier alpha value is -0.0800. The largest absolute Gasteiger partial charge is 0.325 e. The third-order valence-corrected chi connectivity index (χ3v) is 5.23. The minimum absolute atomic E-state index is 0.182. The average molecular weight is 236 g/mol. The first kappa shape index (κ1) is 12.0. The van der Waals surface area contributed by atoms with Gasteiger partial charge >= 0.3 is 0 Å². The summed E-state index contributed by atoms with van der Waals surface area (Å²) in [5.41, 5.74) is 6.56. The predicted molar refractivity (Wildman–Crippen MR) is 71.8 cm³/mol. The number of hydrogen-bond donors (Lipinski definition) is 2. The highest BCUT2D eigenvalue weighted by Crippen LogP contribution is 2.48. The maximum atomic E-state index is 6.38. The van der Waals surface area contributed by atoms with Crippen LogP contribution in [0.3, 0.4) is 0 Å². The molecule has 0 saturated heterocycles. The lowest BCUT2D eigenvalue weighted by Crippen LogP contribution is -2.40. The van der Waals surface area contributed by atoms with Crippen molar-refractivity contribution < 1.29 is 0 Å². The molecular formula is C15H28N2. The van der Waals surface area contributed by atoms with Crippen LogP contribution in [0.4, 0.5) is 0 Å². The van der Waals surface area contributed by atoms with E-state index in [-0.39, 0.29) is 5.54 Å². The van der Waals surface area contributed by atoms with Crippen LogP contribution in [0, 0.1) is 17.8 Å². The molecular weight excluding hydrogens is 208 g/mol. The molecule has 0 aromatic heterocycles. The van der Waals surface area contributed by atoms with E-state index in [9.17, 15) is 0 Å².